The Hall–Kier alpha value is -2.90. The maximum Gasteiger partial charge on any atom is 0.319 e. The molecule has 1 aliphatic carbocycles. The molecule has 0 spiro atoms. The van der Waals surface area contributed by atoms with E-state index in [1.165, 1.54) is 0 Å². The highest BCUT2D eigenvalue weighted by atomic mass is 16.5. The molecular formula is C19H24N4O4. The summed E-state index contributed by atoms with van der Waals surface area (Å²) in [5, 5.41) is 18.5. The van der Waals surface area contributed by atoms with Crippen molar-refractivity contribution < 1.29 is 19.2 Å². The van der Waals surface area contributed by atoms with E-state index in [1.807, 2.05) is 19.1 Å². The van der Waals surface area contributed by atoms with Crippen LogP contribution in [0, 0.1) is 6.92 Å². The second-order valence-electron chi connectivity index (χ2n) is 7.64. The Kier molecular flexibility index (Phi) is 5.16. The summed E-state index contributed by atoms with van der Waals surface area (Å²) < 4.78 is 5.40. The molecule has 2 amide bonds. The second-order valence-corrected chi connectivity index (χ2v) is 7.64. The van der Waals surface area contributed by atoms with Crippen LogP contribution in [0.5, 0.6) is 0 Å². The number of nitrogens with zero attached hydrogens (tertiary/aromatic N) is 2. The molecule has 0 unspecified atom stereocenters. The number of urea groups is 1. The molecular weight excluding hydrogens is 348 g/mol. The van der Waals surface area contributed by atoms with Crippen molar-refractivity contribution >= 4 is 17.7 Å². The van der Waals surface area contributed by atoms with Gasteiger partial charge in [-0.25, -0.2) is 4.79 Å². The number of aliphatic carboxylic acids is 1. The van der Waals surface area contributed by atoms with E-state index in [4.69, 9.17) is 9.63 Å². The van der Waals surface area contributed by atoms with E-state index in [2.05, 4.69) is 20.8 Å². The van der Waals surface area contributed by atoms with Gasteiger partial charge in [0.05, 0.1) is 11.3 Å². The second kappa shape index (κ2) is 7.38. The van der Waals surface area contributed by atoms with Crippen LogP contribution in [0.4, 0.5) is 10.5 Å². The number of carbonyl (C=O) groups excluding carboxylic acids is 1. The molecule has 0 bridgehead atoms. The number of hydrogen-bond acceptors (Lipinski definition) is 5. The fraction of sp³-hybridized carbons (Fsp3) is 0.474. The molecule has 2 aromatic rings. The number of carbonyl (C=O) groups is 2. The summed E-state index contributed by atoms with van der Waals surface area (Å²) in [4.78, 5) is 27.6. The first-order chi connectivity index (χ1) is 12.7. The topological polar surface area (TPSA) is 117 Å². The van der Waals surface area contributed by atoms with Gasteiger partial charge in [-0.1, -0.05) is 16.8 Å². The Morgan fingerprint density at radius 3 is 2.74 bits per heavy atom. The minimum atomic E-state index is -0.894. The van der Waals surface area contributed by atoms with Crippen molar-refractivity contribution in [3.8, 4) is 11.5 Å². The van der Waals surface area contributed by atoms with Gasteiger partial charge in [-0.2, -0.15) is 4.98 Å². The molecule has 1 aromatic carbocycles. The first kappa shape index (κ1) is 18.9. The summed E-state index contributed by atoms with van der Waals surface area (Å²) in [6.07, 6.45) is 2.46. The summed E-state index contributed by atoms with van der Waals surface area (Å²) in [7, 11) is 0. The Balaban J connectivity index is 1.74. The monoisotopic (exact) mass is 372 g/mol. The SMILES string of the molecule is Cc1ccc(NC(=O)NC(C)(C)CCC(=O)O)c(-c2nc(C3CC3)no2)c1. The van der Waals surface area contributed by atoms with Gasteiger partial charge in [-0.05, 0) is 52.2 Å². The smallest absolute Gasteiger partial charge is 0.319 e. The molecule has 3 N–H and O–H groups in total. The van der Waals surface area contributed by atoms with Crippen LogP contribution in [0.15, 0.2) is 22.7 Å². The van der Waals surface area contributed by atoms with Gasteiger partial charge in [0.15, 0.2) is 5.82 Å². The highest BCUT2D eigenvalue weighted by molar-refractivity contribution is 5.94. The van der Waals surface area contributed by atoms with E-state index in [0.717, 1.165) is 18.4 Å². The number of aromatic nitrogens is 2. The number of carboxylic acid groups (broad SMARTS) is 1. The zero-order valence-electron chi connectivity index (χ0n) is 15.7. The van der Waals surface area contributed by atoms with Crippen molar-refractivity contribution in [3.05, 3.63) is 29.6 Å². The average Bonchev–Trinajstić information content (AvgIpc) is 3.32. The van der Waals surface area contributed by atoms with Crippen LogP contribution in [0.2, 0.25) is 0 Å². The van der Waals surface area contributed by atoms with Gasteiger partial charge in [0.1, 0.15) is 0 Å². The zero-order valence-corrected chi connectivity index (χ0v) is 15.7. The number of aryl methyl sites for hydroxylation is 1. The van der Waals surface area contributed by atoms with E-state index in [-0.39, 0.29) is 6.42 Å². The largest absolute Gasteiger partial charge is 0.481 e. The Morgan fingerprint density at radius 2 is 2.07 bits per heavy atom. The predicted octanol–water partition coefficient (Wildman–Crippen LogP) is 3.69. The van der Waals surface area contributed by atoms with Crippen molar-refractivity contribution in [2.75, 3.05) is 5.32 Å². The summed E-state index contributed by atoms with van der Waals surface area (Å²) in [6, 6.07) is 5.13. The normalized spacial score (nSPS) is 14.0. The van der Waals surface area contributed by atoms with Crippen molar-refractivity contribution in [1.82, 2.24) is 15.5 Å². The average molecular weight is 372 g/mol. The van der Waals surface area contributed by atoms with Crippen LogP contribution in [0.25, 0.3) is 11.5 Å². The van der Waals surface area contributed by atoms with Crippen LogP contribution in [0.3, 0.4) is 0 Å². The number of rotatable bonds is 7. The van der Waals surface area contributed by atoms with Crippen molar-refractivity contribution in [2.45, 2.75) is 57.9 Å². The molecule has 1 saturated carbocycles. The highest BCUT2D eigenvalue weighted by Crippen LogP contribution is 2.39. The standard InChI is InChI=1S/C19H24N4O4/c1-11-4-7-14(20-18(26)22-19(2,3)9-8-15(24)25)13(10-11)17-21-16(23-27-17)12-5-6-12/h4,7,10,12H,5-6,8-9H2,1-3H3,(H,24,25)(H2,20,22,26). The van der Waals surface area contributed by atoms with Crippen LogP contribution in [0.1, 0.15) is 56.8 Å². The van der Waals surface area contributed by atoms with E-state index in [9.17, 15) is 9.59 Å². The summed E-state index contributed by atoms with van der Waals surface area (Å²) in [6.45, 7) is 5.51. The lowest BCUT2D eigenvalue weighted by Gasteiger charge is -2.26. The lowest BCUT2D eigenvalue weighted by atomic mass is 9.99. The molecule has 1 heterocycles. The molecule has 144 valence electrons. The number of benzene rings is 1. The molecule has 1 aliphatic rings. The fourth-order valence-corrected chi connectivity index (χ4v) is 2.74. The summed E-state index contributed by atoms with van der Waals surface area (Å²) >= 11 is 0. The van der Waals surface area contributed by atoms with E-state index in [0.29, 0.717) is 35.3 Å². The van der Waals surface area contributed by atoms with Crippen LogP contribution < -0.4 is 10.6 Å². The fourth-order valence-electron chi connectivity index (χ4n) is 2.74. The first-order valence-electron chi connectivity index (χ1n) is 8.99. The molecule has 8 heteroatoms. The summed E-state index contributed by atoms with van der Waals surface area (Å²) in [5.41, 5.74) is 1.56. The van der Waals surface area contributed by atoms with Crippen LogP contribution >= 0.6 is 0 Å². The maximum atomic E-state index is 12.4. The third kappa shape index (κ3) is 5.06. The molecule has 0 aliphatic heterocycles. The maximum absolute atomic E-state index is 12.4. The highest BCUT2D eigenvalue weighted by Gasteiger charge is 2.29. The van der Waals surface area contributed by atoms with E-state index < -0.39 is 17.5 Å². The van der Waals surface area contributed by atoms with Crippen molar-refractivity contribution in [1.29, 1.82) is 0 Å². The van der Waals surface area contributed by atoms with Crippen molar-refractivity contribution in [2.24, 2.45) is 0 Å². The number of amides is 2. The number of nitrogens with one attached hydrogen (secondary N) is 2. The molecule has 8 nitrogen and oxygen atoms in total. The quantitative estimate of drug-likeness (QED) is 0.682. The lowest BCUT2D eigenvalue weighted by Crippen LogP contribution is -2.45. The van der Waals surface area contributed by atoms with E-state index in [1.54, 1.807) is 19.9 Å². The van der Waals surface area contributed by atoms with Gasteiger partial charge >= 0.3 is 12.0 Å². The van der Waals surface area contributed by atoms with Gasteiger partial charge < -0.3 is 20.3 Å². The Bertz CT molecular complexity index is 855. The Labute approximate surface area is 157 Å². The molecule has 0 atom stereocenters. The molecule has 1 aromatic heterocycles. The lowest BCUT2D eigenvalue weighted by molar-refractivity contribution is -0.137. The Morgan fingerprint density at radius 1 is 1.33 bits per heavy atom. The van der Waals surface area contributed by atoms with Gasteiger partial charge in [0, 0.05) is 17.9 Å². The number of carboxylic acids is 1. The molecule has 0 saturated heterocycles. The first-order valence-corrected chi connectivity index (χ1v) is 8.99. The third-order valence-electron chi connectivity index (χ3n) is 4.45. The van der Waals surface area contributed by atoms with Gasteiger partial charge in [-0.3, -0.25) is 4.79 Å². The molecule has 27 heavy (non-hydrogen) atoms. The van der Waals surface area contributed by atoms with Gasteiger partial charge in [0.2, 0.25) is 0 Å². The zero-order chi connectivity index (χ0) is 19.6. The van der Waals surface area contributed by atoms with Gasteiger partial charge in [0.25, 0.3) is 5.89 Å². The predicted molar refractivity (Wildman–Crippen MR) is 99.5 cm³/mol. The minimum Gasteiger partial charge on any atom is -0.481 e. The van der Waals surface area contributed by atoms with Crippen LogP contribution in [-0.2, 0) is 4.79 Å². The van der Waals surface area contributed by atoms with Crippen molar-refractivity contribution in [3.63, 3.8) is 0 Å². The number of anilines is 1. The minimum absolute atomic E-state index is 0.0189. The van der Waals surface area contributed by atoms with Crippen LogP contribution in [-0.4, -0.2) is 32.8 Å². The number of hydrogen-bond donors (Lipinski definition) is 3. The molecule has 3 rings (SSSR count). The molecule has 1 fully saturated rings. The third-order valence-corrected chi connectivity index (χ3v) is 4.45. The van der Waals surface area contributed by atoms with E-state index >= 15 is 0 Å². The summed E-state index contributed by atoms with van der Waals surface area (Å²) in [5.74, 6) is 0.564. The molecule has 0 radical (unpaired) electrons. The van der Waals surface area contributed by atoms with Gasteiger partial charge in [-0.15, -0.1) is 0 Å².